The first-order valence-electron chi connectivity index (χ1n) is 8.74. The van der Waals surface area contributed by atoms with Gasteiger partial charge in [0.1, 0.15) is 11.6 Å². The van der Waals surface area contributed by atoms with Gasteiger partial charge in [-0.1, -0.05) is 20.8 Å². The van der Waals surface area contributed by atoms with Crippen molar-refractivity contribution in [2.75, 3.05) is 36.0 Å². The predicted molar refractivity (Wildman–Crippen MR) is 95.4 cm³/mol. The van der Waals surface area contributed by atoms with E-state index in [1.54, 1.807) is 0 Å². The number of piperidine rings is 1. The highest BCUT2D eigenvalue weighted by molar-refractivity contribution is 5.60. The monoisotopic (exact) mass is 318 g/mol. The van der Waals surface area contributed by atoms with E-state index >= 15 is 0 Å². The molecule has 6 nitrogen and oxygen atoms in total. The molecule has 3 heterocycles. The third kappa shape index (κ3) is 3.68. The summed E-state index contributed by atoms with van der Waals surface area (Å²) in [7, 11) is 0. The van der Waals surface area contributed by atoms with Crippen molar-refractivity contribution in [3.8, 4) is 0 Å². The highest BCUT2D eigenvalue weighted by Crippen LogP contribution is 2.34. The molecule has 128 valence electrons. The van der Waals surface area contributed by atoms with Gasteiger partial charge in [-0.3, -0.25) is 0 Å². The fourth-order valence-electron chi connectivity index (χ4n) is 3.73. The van der Waals surface area contributed by atoms with Crippen LogP contribution in [0.1, 0.15) is 45.6 Å². The van der Waals surface area contributed by atoms with Crippen LogP contribution in [0.5, 0.6) is 0 Å². The van der Waals surface area contributed by atoms with Gasteiger partial charge in [-0.25, -0.2) is 0 Å². The van der Waals surface area contributed by atoms with E-state index < -0.39 is 0 Å². The van der Waals surface area contributed by atoms with Crippen LogP contribution in [0.3, 0.4) is 0 Å². The maximum Gasteiger partial charge on any atom is 0.223 e. The SMILES string of the molecule is CC(C)(C)CCc1c(N)nc(N)nc1N1C[C@H]2CCCN[C@H]2C1. The van der Waals surface area contributed by atoms with Gasteiger partial charge in [0.15, 0.2) is 0 Å². The Hall–Kier alpha value is -1.56. The highest BCUT2D eigenvalue weighted by Gasteiger charge is 2.36. The fourth-order valence-corrected chi connectivity index (χ4v) is 3.73. The Balaban J connectivity index is 1.85. The normalized spacial score (nSPS) is 24.7. The molecular formula is C17H30N6. The second kappa shape index (κ2) is 6.15. The molecule has 0 radical (unpaired) electrons. The van der Waals surface area contributed by atoms with Gasteiger partial charge in [-0.2, -0.15) is 9.97 Å². The van der Waals surface area contributed by atoms with Crippen molar-refractivity contribution >= 4 is 17.6 Å². The number of anilines is 3. The maximum absolute atomic E-state index is 6.19. The van der Waals surface area contributed by atoms with Crippen LogP contribution in [0, 0.1) is 11.3 Å². The average Bonchev–Trinajstić information content (AvgIpc) is 2.88. The van der Waals surface area contributed by atoms with E-state index in [1.807, 2.05) is 0 Å². The third-order valence-electron chi connectivity index (χ3n) is 5.06. The zero-order valence-corrected chi connectivity index (χ0v) is 14.6. The van der Waals surface area contributed by atoms with Gasteiger partial charge >= 0.3 is 0 Å². The minimum atomic E-state index is 0.256. The van der Waals surface area contributed by atoms with Crippen LogP contribution < -0.4 is 21.7 Å². The van der Waals surface area contributed by atoms with Gasteiger partial charge in [0.2, 0.25) is 5.95 Å². The molecule has 2 saturated heterocycles. The van der Waals surface area contributed by atoms with Crippen molar-refractivity contribution in [1.29, 1.82) is 0 Å². The van der Waals surface area contributed by atoms with Gasteiger partial charge in [0.25, 0.3) is 0 Å². The number of rotatable bonds is 3. The molecule has 23 heavy (non-hydrogen) atoms. The fraction of sp³-hybridized carbons (Fsp3) is 0.765. The minimum Gasteiger partial charge on any atom is -0.383 e. The van der Waals surface area contributed by atoms with E-state index in [0.29, 0.717) is 17.8 Å². The number of aromatic nitrogens is 2. The first kappa shape index (κ1) is 16.3. The Bertz CT molecular complexity index is 551. The van der Waals surface area contributed by atoms with Gasteiger partial charge < -0.3 is 21.7 Å². The van der Waals surface area contributed by atoms with Gasteiger partial charge in [0, 0.05) is 24.7 Å². The number of nitrogen functional groups attached to an aromatic ring is 2. The first-order chi connectivity index (χ1) is 10.8. The molecular weight excluding hydrogens is 288 g/mol. The molecule has 0 aliphatic carbocycles. The van der Waals surface area contributed by atoms with Crippen LogP contribution in [0.25, 0.3) is 0 Å². The number of nitrogens with one attached hydrogen (secondary N) is 1. The molecule has 2 fully saturated rings. The molecule has 2 aliphatic heterocycles. The molecule has 0 bridgehead atoms. The van der Waals surface area contributed by atoms with Gasteiger partial charge in [-0.15, -0.1) is 0 Å². The molecule has 2 aliphatic rings. The van der Waals surface area contributed by atoms with E-state index in [0.717, 1.165) is 43.9 Å². The molecule has 1 aromatic rings. The topological polar surface area (TPSA) is 93.1 Å². The lowest BCUT2D eigenvalue weighted by Gasteiger charge is -2.24. The lowest BCUT2D eigenvalue weighted by atomic mass is 9.89. The number of hydrogen-bond acceptors (Lipinski definition) is 6. The summed E-state index contributed by atoms with van der Waals surface area (Å²) in [4.78, 5) is 11.1. The van der Waals surface area contributed by atoms with Crippen molar-refractivity contribution in [3.05, 3.63) is 5.56 Å². The van der Waals surface area contributed by atoms with Crippen LogP contribution >= 0.6 is 0 Å². The van der Waals surface area contributed by atoms with Crippen molar-refractivity contribution < 1.29 is 0 Å². The van der Waals surface area contributed by atoms with Crippen molar-refractivity contribution in [1.82, 2.24) is 15.3 Å². The number of hydrogen-bond donors (Lipinski definition) is 3. The molecule has 3 rings (SSSR count). The number of nitrogens with zero attached hydrogens (tertiary/aromatic N) is 3. The second-order valence-electron chi connectivity index (χ2n) is 8.20. The Kier molecular flexibility index (Phi) is 4.36. The van der Waals surface area contributed by atoms with E-state index in [4.69, 9.17) is 11.5 Å². The van der Waals surface area contributed by atoms with Gasteiger partial charge in [0.05, 0.1) is 0 Å². The Labute approximate surface area is 139 Å². The lowest BCUT2D eigenvalue weighted by Crippen LogP contribution is -2.40. The summed E-state index contributed by atoms with van der Waals surface area (Å²) in [5.41, 5.74) is 13.4. The van der Waals surface area contributed by atoms with E-state index in [1.165, 1.54) is 12.8 Å². The van der Waals surface area contributed by atoms with Crippen LogP contribution in [0.4, 0.5) is 17.6 Å². The van der Waals surface area contributed by atoms with E-state index in [9.17, 15) is 0 Å². The van der Waals surface area contributed by atoms with Crippen molar-refractivity contribution in [2.45, 2.75) is 52.5 Å². The molecule has 5 N–H and O–H groups in total. The van der Waals surface area contributed by atoms with Crippen LogP contribution in [-0.4, -0.2) is 35.6 Å². The summed E-state index contributed by atoms with van der Waals surface area (Å²) in [5.74, 6) is 2.48. The zero-order valence-electron chi connectivity index (χ0n) is 14.6. The standard InChI is InChI=1S/C17H30N6/c1-17(2,3)7-6-12-14(18)21-16(19)22-15(12)23-9-11-5-4-8-20-13(11)10-23/h11,13,20H,4-10H2,1-3H3,(H4,18,19,21,22)/t11-,13+/m1/s1. The molecule has 0 spiro atoms. The third-order valence-corrected chi connectivity index (χ3v) is 5.06. The summed E-state index contributed by atoms with van der Waals surface area (Å²) in [5, 5.41) is 3.64. The van der Waals surface area contributed by atoms with E-state index in [2.05, 4.69) is 41.0 Å². The number of fused-ring (bicyclic) bond motifs is 1. The molecule has 0 amide bonds. The second-order valence-corrected chi connectivity index (χ2v) is 8.20. The van der Waals surface area contributed by atoms with Crippen molar-refractivity contribution in [3.63, 3.8) is 0 Å². The summed E-state index contributed by atoms with van der Waals surface area (Å²) >= 11 is 0. The first-order valence-corrected chi connectivity index (χ1v) is 8.74. The zero-order chi connectivity index (χ0) is 16.6. The average molecular weight is 318 g/mol. The predicted octanol–water partition coefficient (Wildman–Crippen LogP) is 1.81. The summed E-state index contributed by atoms with van der Waals surface area (Å²) < 4.78 is 0. The smallest absolute Gasteiger partial charge is 0.223 e. The maximum atomic E-state index is 6.19. The number of nitrogens with two attached hydrogens (primary N) is 2. The molecule has 0 aromatic carbocycles. The quantitative estimate of drug-likeness (QED) is 0.787. The van der Waals surface area contributed by atoms with Crippen molar-refractivity contribution in [2.24, 2.45) is 11.3 Å². The molecule has 6 heteroatoms. The Morgan fingerprint density at radius 2 is 2.00 bits per heavy atom. The molecule has 2 atom stereocenters. The summed E-state index contributed by atoms with van der Waals surface area (Å²) in [6.45, 7) is 9.89. The largest absolute Gasteiger partial charge is 0.383 e. The minimum absolute atomic E-state index is 0.256. The van der Waals surface area contributed by atoms with Crippen LogP contribution in [0.15, 0.2) is 0 Å². The highest BCUT2D eigenvalue weighted by atomic mass is 15.3. The lowest BCUT2D eigenvalue weighted by molar-refractivity contribution is 0.340. The molecule has 1 aromatic heterocycles. The van der Waals surface area contributed by atoms with Crippen LogP contribution in [-0.2, 0) is 6.42 Å². The van der Waals surface area contributed by atoms with E-state index in [-0.39, 0.29) is 11.4 Å². The van der Waals surface area contributed by atoms with Crippen LogP contribution in [0.2, 0.25) is 0 Å². The Morgan fingerprint density at radius 3 is 2.70 bits per heavy atom. The summed E-state index contributed by atoms with van der Waals surface area (Å²) in [6, 6.07) is 0.566. The molecule has 0 unspecified atom stereocenters. The summed E-state index contributed by atoms with van der Waals surface area (Å²) in [6.07, 6.45) is 4.50. The van der Waals surface area contributed by atoms with Gasteiger partial charge in [-0.05, 0) is 43.6 Å². The Morgan fingerprint density at radius 1 is 1.22 bits per heavy atom. The molecule has 0 saturated carbocycles.